The van der Waals surface area contributed by atoms with Crippen LogP contribution in [0.5, 0.6) is 0 Å². The summed E-state index contributed by atoms with van der Waals surface area (Å²) in [5.41, 5.74) is 5.34. The maximum Gasteiger partial charge on any atom is 0.00772 e. The lowest BCUT2D eigenvalue weighted by molar-refractivity contribution is 0.534. The summed E-state index contributed by atoms with van der Waals surface area (Å²) in [6.07, 6.45) is 9.27. The van der Waals surface area contributed by atoms with Gasteiger partial charge in [0.2, 0.25) is 0 Å². The number of rotatable bonds is 3. The Morgan fingerprint density at radius 2 is 0.974 bits per heavy atom. The van der Waals surface area contributed by atoms with Crippen LogP contribution in [0, 0.1) is 0 Å². The van der Waals surface area contributed by atoms with Crippen molar-refractivity contribution in [1.29, 1.82) is 0 Å². The number of allylic oxidation sites excluding steroid dienone is 5. The van der Waals surface area contributed by atoms with E-state index >= 15 is 0 Å². The van der Waals surface area contributed by atoms with Gasteiger partial charge in [-0.15, -0.1) is 0 Å². The van der Waals surface area contributed by atoms with Crippen LogP contribution in [0.3, 0.4) is 0 Å². The Kier molecular flexibility index (Phi) is 7.38. The fourth-order valence-corrected chi connectivity index (χ4v) is 10.1. The molecule has 188 valence electrons. The van der Waals surface area contributed by atoms with Crippen molar-refractivity contribution in [2.75, 3.05) is 26.2 Å². The van der Waals surface area contributed by atoms with Gasteiger partial charge in [0.25, 0.3) is 0 Å². The van der Waals surface area contributed by atoms with E-state index < -0.39 is 6.89 Å². The molecule has 0 spiro atoms. The van der Waals surface area contributed by atoms with E-state index in [0.717, 1.165) is 26.2 Å². The topological polar surface area (TPSA) is 24.1 Å². The van der Waals surface area contributed by atoms with Gasteiger partial charge in [0.1, 0.15) is 0 Å². The van der Waals surface area contributed by atoms with Crippen molar-refractivity contribution in [1.82, 2.24) is 10.6 Å². The third kappa shape index (κ3) is 4.57. The fraction of sp³-hybridized carbons (Fsp3) is 0.114. The molecular weight excluding hydrogens is 479 g/mol. The molecule has 38 heavy (non-hydrogen) atoms. The second-order valence-corrected chi connectivity index (χ2v) is 13.0. The minimum absolute atomic E-state index is 1.14. The number of nitrogens with one attached hydrogen (secondary N) is 2. The highest BCUT2D eigenvalue weighted by Gasteiger charge is 2.33. The van der Waals surface area contributed by atoms with Crippen LogP contribution < -0.4 is 26.5 Å². The van der Waals surface area contributed by atoms with Crippen LogP contribution >= 0.6 is 6.89 Å². The average Bonchev–Trinajstić information content (AvgIpc) is 3.40. The lowest BCUT2D eigenvalue weighted by Gasteiger charge is -2.33. The lowest BCUT2D eigenvalue weighted by atomic mass is 9.97. The minimum atomic E-state index is -2.11. The summed E-state index contributed by atoms with van der Waals surface area (Å²) in [7, 11) is 0. The molecule has 1 saturated heterocycles. The molecule has 2 aliphatic carbocycles. The van der Waals surface area contributed by atoms with E-state index in [2.05, 4.69) is 150 Å². The first-order valence-corrected chi connectivity index (χ1v) is 15.2. The highest BCUT2D eigenvalue weighted by atomic mass is 31.2. The average molecular weight is 513 g/mol. The molecule has 0 unspecified atom stereocenters. The van der Waals surface area contributed by atoms with E-state index in [1.807, 2.05) is 0 Å². The quantitative estimate of drug-likeness (QED) is 0.360. The first kappa shape index (κ1) is 24.6. The van der Waals surface area contributed by atoms with E-state index in [1.54, 1.807) is 0 Å². The maximum absolute atomic E-state index is 3.22. The molecule has 0 bridgehead atoms. The summed E-state index contributed by atoms with van der Waals surface area (Å²) >= 11 is 0. The smallest absolute Gasteiger partial charge is 0.00772 e. The second kappa shape index (κ2) is 11.4. The zero-order valence-corrected chi connectivity index (χ0v) is 22.4. The first-order chi connectivity index (χ1) is 18.9. The summed E-state index contributed by atoms with van der Waals surface area (Å²) in [5, 5.41) is 12.0. The van der Waals surface area contributed by atoms with Crippen LogP contribution in [0.15, 0.2) is 139 Å². The van der Waals surface area contributed by atoms with Crippen LogP contribution in [0.4, 0.5) is 0 Å². The standard InChI is InChI=1S/C31H23P.C4H10N2/c1-4-14-25(15-5-1)32(26-16-6-2-7-17-26,27-18-8-3-9-19-27)31-22-12-21-29-28-20-11-10-13-24(28)23-30(29)31;1-2-6-4-3-5-1/h1-23H;5-6H,1-4H2. The van der Waals surface area contributed by atoms with Crippen molar-refractivity contribution in [2.24, 2.45) is 0 Å². The van der Waals surface area contributed by atoms with Crippen LogP contribution in [-0.4, -0.2) is 31.5 Å². The second-order valence-electron chi connectivity index (χ2n) is 9.65. The fourth-order valence-electron chi connectivity index (χ4n) is 5.68. The van der Waals surface area contributed by atoms with Crippen LogP contribution in [0.1, 0.15) is 11.1 Å². The maximum atomic E-state index is 3.22. The first-order valence-electron chi connectivity index (χ1n) is 13.4. The van der Waals surface area contributed by atoms with Crippen LogP contribution in [0.25, 0.3) is 11.6 Å². The zero-order chi connectivity index (χ0) is 25.6. The predicted octanol–water partition coefficient (Wildman–Crippen LogP) is 5.38. The molecule has 0 amide bonds. The summed E-state index contributed by atoms with van der Waals surface area (Å²) in [6, 6.07) is 42.1. The van der Waals surface area contributed by atoms with Gasteiger partial charge in [-0.25, -0.2) is 0 Å². The molecule has 0 saturated carbocycles. The number of piperazine rings is 1. The lowest BCUT2D eigenvalue weighted by Crippen LogP contribution is -2.39. The van der Waals surface area contributed by atoms with Crippen molar-refractivity contribution in [2.45, 2.75) is 0 Å². The normalized spacial score (nSPS) is 15.9. The Hall–Kier alpha value is -3.68. The molecule has 3 heteroatoms. The third-order valence-electron chi connectivity index (χ3n) is 7.38. The van der Waals surface area contributed by atoms with E-state index in [0.29, 0.717) is 0 Å². The Morgan fingerprint density at radius 1 is 0.500 bits per heavy atom. The van der Waals surface area contributed by atoms with Gasteiger partial charge in [-0.2, -0.15) is 0 Å². The van der Waals surface area contributed by atoms with Crippen molar-refractivity contribution in [3.8, 4) is 0 Å². The number of fused-ring (bicyclic) bond motifs is 3. The van der Waals surface area contributed by atoms with Crippen molar-refractivity contribution < 1.29 is 0 Å². The molecule has 2 N–H and O–H groups in total. The minimum Gasteiger partial charge on any atom is -0.314 e. The van der Waals surface area contributed by atoms with Gasteiger partial charge < -0.3 is 10.6 Å². The molecule has 2 nitrogen and oxygen atoms in total. The number of benzene rings is 4. The van der Waals surface area contributed by atoms with Gasteiger partial charge in [0, 0.05) is 26.2 Å². The highest BCUT2D eigenvalue weighted by Crippen LogP contribution is 2.52. The Labute approximate surface area is 226 Å². The Balaban J connectivity index is 0.000000390. The summed E-state index contributed by atoms with van der Waals surface area (Å²) in [4.78, 5) is 0. The molecule has 1 heterocycles. The third-order valence-corrected chi connectivity index (χ3v) is 11.7. The Morgan fingerprint density at radius 3 is 1.47 bits per heavy atom. The predicted molar refractivity (Wildman–Crippen MR) is 167 cm³/mol. The van der Waals surface area contributed by atoms with Gasteiger partial charge in [-0.05, 0) is 56.4 Å². The molecule has 4 aromatic carbocycles. The largest absolute Gasteiger partial charge is 0.314 e. The van der Waals surface area contributed by atoms with Gasteiger partial charge in [-0.1, -0.05) is 133 Å². The molecule has 1 fully saturated rings. The van der Waals surface area contributed by atoms with E-state index in [1.165, 1.54) is 43.5 Å². The summed E-state index contributed by atoms with van der Waals surface area (Å²) in [5.74, 6) is 0. The Bertz CT molecular complexity index is 1430. The molecule has 0 atom stereocenters. The number of hydrogen-bond donors (Lipinski definition) is 2. The van der Waals surface area contributed by atoms with E-state index in [-0.39, 0.29) is 0 Å². The van der Waals surface area contributed by atoms with Crippen molar-refractivity contribution in [3.63, 3.8) is 0 Å². The van der Waals surface area contributed by atoms with Gasteiger partial charge in [0.15, 0.2) is 0 Å². The van der Waals surface area contributed by atoms with E-state index in [9.17, 15) is 0 Å². The zero-order valence-electron chi connectivity index (χ0n) is 21.6. The molecular formula is C35H33N2P. The highest BCUT2D eigenvalue weighted by molar-refractivity contribution is 7.96. The SMILES string of the molecule is C1=CC(=P(c2ccccc2)(c2ccccc2)c2ccccc2)C2=Cc3ccccc3C2=C1.C1CNCCN1. The van der Waals surface area contributed by atoms with Crippen LogP contribution in [-0.2, 0) is 0 Å². The molecule has 7 rings (SSSR count). The van der Waals surface area contributed by atoms with Crippen molar-refractivity contribution >= 4 is 39.7 Å². The summed E-state index contributed by atoms with van der Waals surface area (Å²) < 4.78 is 0. The molecule has 4 aromatic rings. The molecule has 0 aromatic heterocycles. The summed E-state index contributed by atoms with van der Waals surface area (Å²) in [6.45, 7) is 2.45. The molecule has 3 aliphatic rings. The molecule has 0 radical (unpaired) electrons. The van der Waals surface area contributed by atoms with Gasteiger partial charge in [-0.3, -0.25) is 0 Å². The monoisotopic (exact) mass is 512 g/mol. The van der Waals surface area contributed by atoms with Crippen LogP contribution in [0.2, 0.25) is 0 Å². The van der Waals surface area contributed by atoms with E-state index in [4.69, 9.17) is 0 Å². The number of hydrogen-bond acceptors (Lipinski definition) is 2. The van der Waals surface area contributed by atoms with Gasteiger partial charge >= 0.3 is 0 Å². The van der Waals surface area contributed by atoms with Gasteiger partial charge in [0.05, 0.1) is 0 Å². The molecule has 1 aliphatic heterocycles. The van der Waals surface area contributed by atoms with Crippen molar-refractivity contribution in [3.05, 3.63) is 150 Å².